The Morgan fingerprint density at radius 3 is 1.01 bits per heavy atom. The van der Waals surface area contributed by atoms with Crippen LogP contribution in [-0.4, -0.2) is 74.9 Å². The lowest BCUT2D eigenvalue weighted by Gasteiger charge is -2.24. The average molecular weight is 1050 g/mol. The van der Waals surface area contributed by atoms with Crippen molar-refractivity contribution in [2.75, 3.05) is 47.5 Å². The first-order valence-corrected chi connectivity index (χ1v) is 33.1. The van der Waals surface area contributed by atoms with E-state index < -0.39 is 26.5 Å². The summed E-state index contributed by atoms with van der Waals surface area (Å²) in [7, 11) is 1.49. The maximum absolute atomic E-state index is 12.8. The zero-order chi connectivity index (χ0) is 53.5. The first-order chi connectivity index (χ1) is 35.5. The summed E-state index contributed by atoms with van der Waals surface area (Å²) in [6, 6.07) is 0. The third-order valence-corrected chi connectivity index (χ3v) is 15.2. The highest BCUT2D eigenvalue weighted by atomic mass is 31.2. The van der Waals surface area contributed by atoms with Gasteiger partial charge in [0.15, 0.2) is 6.10 Å². The molecule has 0 aliphatic rings. The Labute approximate surface area is 453 Å². The molecular formula is C63H123NO8P+. The highest BCUT2D eigenvalue weighted by Crippen LogP contribution is 2.43. The number of esters is 2. The molecule has 0 radical (unpaired) electrons. The lowest BCUT2D eigenvalue weighted by Crippen LogP contribution is -2.37. The van der Waals surface area contributed by atoms with E-state index >= 15 is 0 Å². The molecule has 2 atom stereocenters. The number of nitrogens with zero attached hydrogens (tertiary/aromatic N) is 1. The molecule has 0 fully saturated rings. The van der Waals surface area contributed by atoms with E-state index in [1.807, 2.05) is 21.1 Å². The second-order valence-electron chi connectivity index (χ2n) is 22.8. The second kappa shape index (κ2) is 55.3. The number of allylic oxidation sites excluding steroid dienone is 4. The molecule has 0 aliphatic carbocycles. The van der Waals surface area contributed by atoms with Gasteiger partial charge >= 0.3 is 19.8 Å². The van der Waals surface area contributed by atoms with Crippen LogP contribution in [0.1, 0.15) is 316 Å². The molecule has 2 unspecified atom stereocenters. The summed E-state index contributed by atoms with van der Waals surface area (Å²) in [4.78, 5) is 35.7. The standard InChI is InChI=1S/C63H122NO8P/c1-6-8-10-12-14-16-18-20-22-24-25-26-27-28-29-30-31-32-33-34-35-36-37-38-39-40-42-44-46-48-50-52-54-56-63(66)72-61(60-71-73(67,68)70-58-57-64(3,4)5)59-69-62(65)55-53-51-49-47-45-43-41-23-21-19-17-15-13-11-9-7-2/h23-25,41,61H,6-22,26-40,42-60H2,1-5H3/p+1/b25-24-,41-23-. The third kappa shape index (κ3) is 59.6. The molecule has 0 bridgehead atoms. The van der Waals surface area contributed by atoms with Crippen LogP contribution in [0.15, 0.2) is 24.3 Å². The third-order valence-electron chi connectivity index (χ3n) is 14.2. The summed E-state index contributed by atoms with van der Waals surface area (Å²) in [5, 5.41) is 0. The van der Waals surface area contributed by atoms with E-state index in [1.165, 1.54) is 231 Å². The van der Waals surface area contributed by atoms with Gasteiger partial charge in [0.05, 0.1) is 27.7 Å². The number of phosphoric ester groups is 1. The topological polar surface area (TPSA) is 108 Å². The number of ether oxygens (including phenoxy) is 2. The van der Waals surface area contributed by atoms with Crippen LogP contribution in [0.25, 0.3) is 0 Å². The lowest BCUT2D eigenvalue weighted by molar-refractivity contribution is -0.870. The number of hydrogen-bond donors (Lipinski definition) is 1. The minimum Gasteiger partial charge on any atom is -0.462 e. The van der Waals surface area contributed by atoms with Crippen molar-refractivity contribution >= 4 is 19.8 Å². The molecule has 0 saturated carbocycles. The van der Waals surface area contributed by atoms with Crippen molar-refractivity contribution in [1.29, 1.82) is 0 Å². The molecule has 0 aliphatic heterocycles. The Hall–Kier alpha value is -1.51. The van der Waals surface area contributed by atoms with Crippen LogP contribution in [0.2, 0.25) is 0 Å². The van der Waals surface area contributed by atoms with Gasteiger partial charge in [0.25, 0.3) is 0 Å². The predicted molar refractivity (Wildman–Crippen MR) is 312 cm³/mol. The van der Waals surface area contributed by atoms with Gasteiger partial charge in [-0.15, -0.1) is 0 Å². The first-order valence-electron chi connectivity index (χ1n) is 31.6. The van der Waals surface area contributed by atoms with E-state index in [2.05, 4.69) is 38.2 Å². The van der Waals surface area contributed by atoms with Gasteiger partial charge in [0, 0.05) is 12.8 Å². The quantitative estimate of drug-likeness (QED) is 0.0211. The molecule has 0 rings (SSSR count). The molecule has 10 heteroatoms. The van der Waals surface area contributed by atoms with Crippen LogP contribution in [0.3, 0.4) is 0 Å². The molecule has 0 aromatic heterocycles. The Kier molecular flexibility index (Phi) is 54.1. The lowest BCUT2D eigenvalue weighted by atomic mass is 10.0. The highest BCUT2D eigenvalue weighted by molar-refractivity contribution is 7.47. The largest absolute Gasteiger partial charge is 0.472 e. The summed E-state index contributed by atoms with van der Waals surface area (Å²) in [6.45, 7) is 4.47. The summed E-state index contributed by atoms with van der Waals surface area (Å²) < 4.78 is 34.6. The minimum absolute atomic E-state index is 0.0332. The van der Waals surface area contributed by atoms with Gasteiger partial charge in [0.1, 0.15) is 19.8 Å². The maximum Gasteiger partial charge on any atom is 0.472 e. The van der Waals surface area contributed by atoms with Crippen LogP contribution in [0.5, 0.6) is 0 Å². The number of quaternary nitrogens is 1. The summed E-state index contributed by atoms with van der Waals surface area (Å²) in [5.74, 6) is -0.791. The van der Waals surface area contributed by atoms with Crippen molar-refractivity contribution in [2.45, 2.75) is 322 Å². The van der Waals surface area contributed by atoms with Crippen LogP contribution < -0.4 is 0 Å². The van der Waals surface area contributed by atoms with E-state index in [0.29, 0.717) is 17.4 Å². The summed E-state index contributed by atoms with van der Waals surface area (Å²) in [6.07, 6.45) is 67.0. The van der Waals surface area contributed by atoms with E-state index in [0.717, 1.165) is 51.4 Å². The fraction of sp³-hybridized carbons (Fsp3) is 0.905. The number of likely N-dealkylation sites (N-methyl/N-ethyl adjacent to an activating group) is 1. The van der Waals surface area contributed by atoms with Gasteiger partial charge in [-0.05, 0) is 64.2 Å². The predicted octanol–water partition coefficient (Wildman–Crippen LogP) is 19.8. The smallest absolute Gasteiger partial charge is 0.462 e. The van der Waals surface area contributed by atoms with Crippen molar-refractivity contribution in [3.8, 4) is 0 Å². The maximum atomic E-state index is 12.8. The van der Waals surface area contributed by atoms with Gasteiger partial charge in [-0.2, -0.15) is 0 Å². The Bertz CT molecular complexity index is 1280. The normalized spacial score (nSPS) is 13.3. The Morgan fingerprint density at radius 1 is 0.411 bits per heavy atom. The van der Waals surface area contributed by atoms with Gasteiger partial charge in [0.2, 0.25) is 0 Å². The number of hydrogen-bond acceptors (Lipinski definition) is 7. The van der Waals surface area contributed by atoms with Gasteiger partial charge in [-0.3, -0.25) is 18.6 Å². The van der Waals surface area contributed by atoms with E-state index in [9.17, 15) is 19.0 Å². The van der Waals surface area contributed by atoms with E-state index in [4.69, 9.17) is 18.5 Å². The van der Waals surface area contributed by atoms with Crippen molar-refractivity contribution in [1.82, 2.24) is 0 Å². The molecule has 73 heavy (non-hydrogen) atoms. The molecule has 0 spiro atoms. The van der Waals surface area contributed by atoms with E-state index in [-0.39, 0.29) is 32.0 Å². The average Bonchev–Trinajstić information content (AvgIpc) is 3.35. The monoisotopic (exact) mass is 1050 g/mol. The molecule has 0 aromatic rings. The number of carbonyl (C=O) groups excluding carboxylic acids is 2. The van der Waals surface area contributed by atoms with Crippen LogP contribution in [-0.2, 0) is 32.7 Å². The Balaban J connectivity index is 3.98. The fourth-order valence-corrected chi connectivity index (χ4v) is 10.0. The molecule has 9 nitrogen and oxygen atoms in total. The van der Waals surface area contributed by atoms with Crippen LogP contribution in [0, 0.1) is 0 Å². The van der Waals surface area contributed by atoms with E-state index in [1.54, 1.807) is 0 Å². The van der Waals surface area contributed by atoms with Gasteiger partial charge in [-0.1, -0.05) is 263 Å². The van der Waals surface area contributed by atoms with Crippen molar-refractivity contribution < 1.29 is 42.1 Å². The van der Waals surface area contributed by atoms with Gasteiger partial charge in [-0.25, -0.2) is 4.57 Å². The number of phosphoric acid groups is 1. The van der Waals surface area contributed by atoms with Crippen molar-refractivity contribution in [2.24, 2.45) is 0 Å². The molecule has 0 heterocycles. The summed E-state index contributed by atoms with van der Waals surface area (Å²) >= 11 is 0. The molecular weight excluding hydrogens is 930 g/mol. The molecule has 0 amide bonds. The van der Waals surface area contributed by atoms with Gasteiger partial charge < -0.3 is 18.9 Å². The zero-order valence-corrected chi connectivity index (χ0v) is 50.0. The second-order valence-corrected chi connectivity index (χ2v) is 24.2. The molecule has 432 valence electrons. The molecule has 0 saturated heterocycles. The van der Waals surface area contributed by atoms with Crippen LogP contribution >= 0.6 is 7.82 Å². The number of unbranched alkanes of at least 4 members (excludes halogenated alkanes) is 41. The SMILES string of the molecule is CCCCCCCCC/C=C\CCCCCCCC(=O)OCC(COP(=O)(O)OCC[N+](C)(C)C)OC(=O)CCCCCCCCCCCCCCCCCCCCCCC/C=C\CCCCCCCCCC. The minimum atomic E-state index is -4.38. The number of rotatable bonds is 59. The number of carbonyl (C=O) groups is 2. The molecule has 1 N–H and O–H groups in total. The zero-order valence-electron chi connectivity index (χ0n) is 49.1. The highest BCUT2D eigenvalue weighted by Gasteiger charge is 2.27. The van der Waals surface area contributed by atoms with Crippen LogP contribution in [0.4, 0.5) is 0 Å². The fourth-order valence-electron chi connectivity index (χ4n) is 9.30. The molecule has 0 aromatic carbocycles. The van der Waals surface area contributed by atoms with Crippen molar-refractivity contribution in [3.63, 3.8) is 0 Å². The summed E-state index contributed by atoms with van der Waals surface area (Å²) in [5.41, 5.74) is 0. The van der Waals surface area contributed by atoms with Crippen molar-refractivity contribution in [3.05, 3.63) is 24.3 Å². The Morgan fingerprint density at radius 2 is 0.699 bits per heavy atom. The first kappa shape index (κ1) is 71.5.